The molecule has 0 spiro atoms. The Kier molecular flexibility index (Phi) is 9.14. The molecule has 28 heavy (non-hydrogen) atoms. The molecule has 1 saturated heterocycles. The number of aliphatic imine (C=N–C) groups is 1. The number of benzene rings is 1. The van der Waals surface area contributed by atoms with E-state index in [9.17, 15) is 12.8 Å². The van der Waals surface area contributed by atoms with Crippen molar-refractivity contribution in [2.75, 3.05) is 57.9 Å². The molecule has 1 aliphatic heterocycles. The highest BCUT2D eigenvalue weighted by molar-refractivity contribution is 7.90. The van der Waals surface area contributed by atoms with Gasteiger partial charge >= 0.3 is 0 Å². The van der Waals surface area contributed by atoms with Crippen LogP contribution in [0.25, 0.3) is 0 Å². The minimum absolute atomic E-state index is 0.0241. The number of hydrogen-bond donors (Lipinski definition) is 2. The molecule has 1 heterocycles. The molecule has 0 aliphatic carbocycles. The zero-order valence-corrected chi connectivity index (χ0v) is 17.5. The van der Waals surface area contributed by atoms with Gasteiger partial charge in [-0.05, 0) is 31.0 Å². The van der Waals surface area contributed by atoms with Crippen molar-refractivity contribution in [1.82, 2.24) is 15.5 Å². The molecule has 1 fully saturated rings. The number of morpholine rings is 1. The first-order chi connectivity index (χ1) is 13.4. The van der Waals surface area contributed by atoms with E-state index in [0.717, 1.165) is 18.7 Å². The predicted molar refractivity (Wildman–Crippen MR) is 110 cm³/mol. The van der Waals surface area contributed by atoms with Gasteiger partial charge in [0.1, 0.15) is 15.7 Å². The lowest BCUT2D eigenvalue weighted by Gasteiger charge is -2.34. The lowest BCUT2D eigenvalue weighted by molar-refractivity contribution is 0.0179. The van der Waals surface area contributed by atoms with Gasteiger partial charge in [0, 0.05) is 32.4 Å². The van der Waals surface area contributed by atoms with E-state index in [-0.39, 0.29) is 17.6 Å². The number of nitrogens with one attached hydrogen (secondary N) is 2. The molecule has 9 heteroatoms. The SMILES string of the molecule is CCNC(=NCC(c1ccc(F)cc1)N1CCOCC1)NCCCS(C)(=O)=O. The van der Waals surface area contributed by atoms with Crippen LogP contribution in [-0.4, -0.2) is 77.2 Å². The molecule has 1 aliphatic rings. The second-order valence-corrected chi connectivity index (χ2v) is 9.11. The number of guanidine groups is 1. The standard InChI is InChI=1S/C19H31FN4O3S/c1-3-21-19(22-9-4-14-28(2,25)26)23-15-18(24-10-12-27-13-11-24)16-5-7-17(20)8-6-16/h5-8,18H,3-4,9-15H2,1-2H3,(H2,21,22,23). The molecule has 1 atom stereocenters. The van der Waals surface area contributed by atoms with Gasteiger partial charge in [-0.2, -0.15) is 0 Å². The summed E-state index contributed by atoms with van der Waals surface area (Å²) in [7, 11) is -2.96. The molecule has 1 unspecified atom stereocenters. The van der Waals surface area contributed by atoms with Crippen molar-refractivity contribution < 1.29 is 17.5 Å². The zero-order chi connectivity index (χ0) is 20.4. The van der Waals surface area contributed by atoms with E-state index in [1.165, 1.54) is 18.4 Å². The Bertz CT molecular complexity index is 719. The smallest absolute Gasteiger partial charge is 0.191 e. The summed E-state index contributed by atoms with van der Waals surface area (Å²) in [5.74, 6) is 0.538. The van der Waals surface area contributed by atoms with Crippen molar-refractivity contribution in [3.63, 3.8) is 0 Å². The van der Waals surface area contributed by atoms with Crippen molar-refractivity contribution in [3.05, 3.63) is 35.6 Å². The van der Waals surface area contributed by atoms with Gasteiger partial charge in [0.15, 0.2) is 5.96 Å². The van der Waals surface area contributed by atoms with Crippen LogP contribution >= 0.6 is 0 Å². The molecule has 7 nitrogen and oxygen atoms in total. The average Bonchev–Trinajstić information content (AvgIpc) is 2.66. The van der Waals surface area contributed by atoms with Gasteiger partial charge < -0.3 is 15.4 Å². The average molecular weight is 415 g/mol. The quantitative estimate of drug-likeness (QED) is 0.359. The number of halogens is 1. The Balaban J connectivity index is 2.05. The van der Waals surface area contributed by atoms with Crippen LogP contribution < -0.4 is 10.6 Å². The summed E-state index contributed by atoms with van der Waals surface area (Å²) < 4.78 is 41.3. The zero-order valence-electron chi connectivity index (χ0n) is 16.7. The van der Waals surface area contributed by atoms with Gasteiger partial charge in [0.25, 0.3) is 0 Å². The largest absolute Gasteiger partial charge is 0.379 e. The molecular formula is C19H31FN4O3S. The third-order valence-corrected chi connectivity index (χ3v) is 5.52. The number of sulfone groups is 1. The highest BCUT2D eigenvalue weighted by Crippen LogP contribution is 2.22. The Morgan fingerprint density at radius 1 is 1.25 bits per heavy atom. The number of nitrogens with zero attached hydrogens (tertiary/aromatic N) is 2. The van der Waals surface area contributed by atoms with E-state index in [2.05, 4.69) is 15.5 Å². The highest BCUT2D eigenvalue weighted by Gasteiger charge is 2.22. The first-order valence-electron chi connectivity index (χ1n) is 9.66. The summed E-state index contributed by atoms with van der Waals surface area (Å²) in [4.78, 5) is 6.99. The van der Waals surface area contributed by atoms with Crippen molar-refractivity contribution >= 4 is 15.8 Å². The van der Waals surface area contributed by atoms with E-state index in [4.69, 9.17) is 9.73 Å². The second-order valence-electron chi connectivity index (χ2n) is 6.85. The van der Waals surface area contributed by atoms with Gasteiger partial charge in [-0.25, -0.2) is 12.8 Å². The molecule has 2 N–H and O–H groups in total. The summed E-state index contributed by atoms with van der Waals surface area (Å²) in [5, 5.41) is 6.37. The van der Waals surface area contributed by atoms with Gasteiger partial charge in [-0.3, -0.25) is 9.89 Å². The predicted octanol–water partition coefficient (Wildman–Crippen LogP) is 1.19. The Morgan fingerprint density at radius 3 is 2.54 bits per heavy atom. The van der Waals surface area contributed by atoms with Crippen LogP contribution in [0.15, 0.2) is 29.3 Å². The molecule has 0 bridgehead atoms. The molecule has 0 saturated carbocycles. The van der Waals surface area contributed by atoms with Gasteiger partial charge in [-0.1, -0.05) is 12.1 Å². The lowest BCUT2D eigenvalue weighted by Crippen LogP contribution is -2.42. The fourth-order valence-corrected chi connectivity index (χ4v) is 3.74. The topological polar surface area (TPSA) is 83.0 Å². The Morgan fingerprint density at radius 2 is 1.93 bits per heavy atom. The summed E-state index contributed by atoms with van der Waals surface area (Å²) >= 11 is 0. The summed E-state index contributed by atoms with van der Waals surface area (Å²) in [6, 6.07) is 6.58. The van der Waals surface area contributed by atoms with Crippen LogP contribution in [0, 0.1) is 5.82 Å². The Labute approximate surface area is 167 Å². The van der Waals surface area contributed by atoms with Gasteiger partial charge in [-0.15, -0.1) is 0 Å². The molecule has 1 aromatic carbocycles. The first kappa shape index (κ1) is 22.6. The van der Waals surface area contributed by atoms with Crippen LogP contribution in [-0.2, 0) is 14.6 Å². The first-order valence-corrected chi connectivity index (χ1v) is 11.7. The minimum atomic E-state index is -2.96. The van der Waals surface area contributed by atoms with Crippen molar-refractivity contribution in [2.45, 2.75) is 19.4 Å². The maximum absolute atomic E-state index is 13.3. The van der Waals surface area contributed by atoms with Crippen LogP contribution in [0.5, 0.6) is 0 Å². The number of hydrogen-bond acceptors (Lipinski definition) is 5. The van der Waals surface area contributed by atoms with E-state index in [0.29, 0.717) is 45.2 Å². The summed E-state index contributed by atoms with van der Waals surface area (Å²) in [5.41, 5.74) is 1.01. The number of ether oxygens (including phenoxy) is 1. The second kappa shape index (κ2) is 11.3. The monoisotopic (exact) mass is 414 g/mol. The van der Waals surface area contributed by atoms with Crippen LogP contribution in [0.3, 0.4) is 0 Å². The van der Waals surface area contributed by atoms with Gasteiger partial charge in [0.2, 0.25) is 0 Å². The van der Waals surface area contributed by atoms with Crippen LogP contribution in [0.1, 0.15) is 24.9 Å². The molecule has 0 amide bonds. The van der Waals surface area contributed by atoms with Crippen LogP contribution in [0.4, 0.5) is 4.39 Å². The molecule has 2 rings (SSSR count). The Hall–Kier alpha value is -1.71. The molecule has 1 aromatic rings. The lowest BCUT2D eigenvalue weighted by atomic mass is 10.0. The summed E-state index contributed by atoms with van der Waals surface area (Å²) in [6.45, 7) is 6.66. The fraction of sp³-hybridized carbons (Fsp3) is 0.632. The molecular weight excluding hydrogens is 383 g/mol. The molecule has 0 radical (unpaired) electrons. The van der Waals surface area contributed by atoms with Crippen molar-refractivity contribution in [3.8, 4) is 0 Å². The van der Waals surface area contributed by atoms with E-state index in [1.54, 1.807) is 12.1 Å². The van der Waals surface area contributed by atoms with Crippen molar-refractivity contribution in [1.29, 1.82) is 0 Å². The number of rotatable bonds is 9. The highest BCUT2D eigenvalue weighted by atomic mass is 32.2. The third-order valence-electron chi connectivity index (χ3n) is 4.49. The minimum Gasteiger partial charge on any atom is -0.379 e. The molecule has 0 aromatic heterocycles. The van der Waals surface area contributed by atoms with E-state index in [1.807, 2.05) is 6.92 Å². The fourth-order valence-electron chi connectivity index (χ4n) is 3.07. The van der Waals surface area contributed by atoms with E-state index >= 15 is 0 Å². The normalized spacial score (nSPS) is 17.3. The van der Waals surface area contributed by atoms with E-state index < -0.39 is 9.84 Å². The summed E-state index contributed by atoms with van der Waals surface area (Å²) in [6.07, 6.45) is 1.76. The maximum atomic E-state index is 13.3. The van der Waals surface area contributed by atoms with Crippen LogP contribution in [0.2, 0.25) is 0 Å². The third kappa shape index (κ3) is 8.12. The van der Waals surface area contributed by atoms with Gasteiger partial charge in [0.05, 0.1) is 31.6 Å². The maximum Gasteiger partial charge on any atom is 0.191 e. The molecule has 158 valence electrons. The van der Waals surface area contributed by atoms with Crippen molar-refractivity contribution in [2.24, 2.45) is 4.99 Å².